The standard InChI is InChI=1S/C15H14FN3O/c1-9(13-4-3-12(20)7-14(13)16)18-11-2-5-15-10(6-11)8-17-19-15/h2-9,18,20H,1H3,(H,17,19). The third-order valence-electron chi connectivity index (χ3n) is 3.27. The van der Waals surface area contributed by atoms with E-state index < -0.39 is 5.82 Å². The highest BCUT2D eigenvalue weighted by Gasteiger charge is 2.11. The van der Waals surface area contributed by atoms with E-state index in [1.807, 2.05) is 25.1 Å². The summed E-state index contributed by atoms with van der Waals surface area (Å²) in [5.41, 5.74) is 2.35. The molecule has 0 bridgehead atoms. The molecule has 0 fully saturated rings. The van der Waals surface area contributed by atoms with E-state index in [-0.39, 0.29) is 11.8 Å². The third-order valence-corrected chi connectivity index (χ3v) is 3.27. The van der Waals surface area contributed by atoms with Gasteiger partial charge in [-0.15, -0.1) is 0 Å². The number of aromatic nitrogens is 2. The van der Waals surface area contributed by atoms with E-state index in [4.69, 9.17) is 0 Å². The van der Waals surface area contributed by atoms with Crippen molar-refractivity contribution >= 4 is 16.6 Å². The lowest BCUT2D eigenvalue weighted by Crippen LogP contribution is -2.08. The lowest BCUT2D eigenvalue weighted by atomic mass is 10.1. The Kier molecular flexibility index (Phi) is 3.02. The first-order valence-electron chi connectivity index (χ1n) is 6.31. The molecule has 1 aromatic heterocycles. The molecular weight excluding hydrogens is 257 g/mol. The molecule has 0 radical (unpaired) electrons. The zero-order valence-electron chi connectivity index (χ0n) is 10.9. The average Bonchev–Trinajstić information content (AvgIpc) is 2.85. The Morgan fingerprint density at radius 2 is 2.10 bits per heavy atom. The molecule has 0 saturated carbocycles. The van der Waals surface area contributed by atoms with Gasteiger partial charge in [-0.1, -0.05) is 6.07 Å². The number of anilines is 1. The minimum absolute atomic E-state index is 0.0710. The number of phenols is 1. The molecule has 0 aliphatic carbocycles. The highest BCUT2D eigenvalue weighted by molar-refractivity contribution is 5.81. The topological polar surface area (TPSA) is 60.9 Å². The molecule has 1 heterocycles. The average molecular weight is 271 g/mol. The quantitative estimate of drug-likeness (QED) is 0.682. The Morgan fingerprint density at radius 3 is 2.90 bits per heavy atom. The molecule has 0 spiro atoms. The van der Waals surface area contributed by atoms with Gasteiger partial charge >= 0.3 is 0 Å². The maximum atomic E-state index is 13.8. The van der Waals surface area contributed by atoms with Crippen LogP contribution in [0.15, 0.2) is 42.6 Å². The highest BCUT2D eigenvalue weighted by atomic mass is 19.1. The zero-order chi connectivity index (χ0) is 14.1. The highest BCUT2D eigenvalue weighted by Crippen LogP contribution is 2.25. The van der Waals surface area contributed by atoms with Gasteiger partial charge in [0.05, 0.1) is 17.8 Å². The zero-order valence-corrected chi connectivity index (χ0v) is 10.9. The third kappa shape index (κ3) is 2.30. The van der Waals surface area contributed by atoms with Crippen LogP contribution in [0.5, 0.6) is 5.75 Å². The van der Waals surface area contributed by atoms with Gasteiger partial charge in [-0.3, -0.25) is 5.10 Å². The van der Waals surface area contributed by atoms with Crippen LogP contribution in [0, 0.1) is 5.82 Å². The van der Waals surface area contributed by atoms with Crippen molar-refractivity contribution in [1.29, 1.82) is 0 Å². The molecule has 20 heavy (non-hydrogen) atoms. The first-order chi connectivity index (χ1) is 9.63. The van der Waals surface area contributed by atoms with E-state index in [9.17, 15) is 9.50 Å². The van der Waals surface area contributed by atoms with Crippen LogP contribution in [-0.2, 0) is 0 Å². The Labute approximate surface area is 115 Å². The summed E-state index contributed by atoms with van der Waals surface area (Å²) < 4.78 is 13.8. The number of nitrogens with zero attached hydrogens (tertiary/aromatic N) is 1. The van der Waals surface area contributed by atoms with Gasteiger partial charge in [0, 0.05) is 22.7 Å². The Balaban J connectivity index is 1.85. The van der Waals surface area contributed by atoms with Crippen molar-refractivity contribution in [1.82, 2.24) is 10.2 Å². The molecule has 3 N–H and O–H groups in total. The monoisotopic (exact) mass is 271 g/mol. The fourth-order valence-corrected chi connectivity index (χ4v) is 2.23. The molecule has 0 aliphatic heterocycles. The molecule has 3 rings (SSSR count). The number of rotatable bonds is 3. The largest absolute Gasteiger partial charge is 0.508 e. The van der Waals surface area contributed by atoms with Crippen molar-refractivity contribution in [2.45, 2.75) is 13.0 Å². The summed E-state index contributed by atoms with van der Waals surface area (Å²) >= 11 is 0. The molecule has 0 aliphatic rings. The molecule has 1 atom stereocenters. The van der Waals surface area contributed by atoms with Gasteiger partial charge in [0.25, 0.3) is 0 Å². The van der Waals surface area contributed by atoms with E-state index in [1.165, 1.54) is 6.07 Å². The van der Waals surface area contributed by atoms with Crippen molar-refractivity contribution in [3.8, 4) is 5.75 Å². The fraction of sp³-hybridized carbons (Fsp3) is 0.133. The van der Waals surface area contributed by atoms with Crippen LogP contribution in [-0.4, -0.2) is 15.3 Å². The van der Waals surface area contributed by atoms with Crippen molar-refractivity contribution in [3.05, 3.63) is 54.0 Å². The fourth-order valence-electron chi connectivity index (χ4n) is 2.23. The number of benzene rings is 2. The summed E-state index contributed by atoms with van der Waals surface area (Å²) in [4.78, 5) is 0. The Hall–Kier alpha value is -2.56. The van der Waals surface area contributed by atoms with Crippen LogP contribution < -0.4 is 5.32 Å². The first kappa shape index (κ1) is 12.5. The van der Waals surface area contributed by atoms with Gasteiger partial charge in [0.15, 0.2) is 0 Å². The van der Waals surface area contributed by atoms with Gasteiger partial charge < -0.3 is 10.4 Å². The minimum atomic E-state index is -0.422. The van der Waals surface area contributed by atoms with Crippen molar-refractivity contribution < 1.29 is 9.50 Å². The molecule has 4 nitrogen and oxygen atoms in total. The van der Waals surface area contributed by atoms with Crippen molar-refractivity contribution in [2.24, 2.45) is 0 Å². The van der Waals surface area contributed by atoms with Crippen molar-refractivity contribution in [3.63, 3.8) is 0 Å². The SMILES string of the molecule is CC(Nc1ccc2[nH]ncc2c1)c1ccc(O)cc1F. The molecule has 0 saturated heterocycles. The van der Waals surface area contributed by atoms with Crippen LogP contribution in [0.3, 0.4) is 0 Å². The Bertz CT molecular complexity index is 754. The Morgan fingerprint density at radius 1 is 1.25 bits per heavy atom. The predicted molar refractivity (Wildman–Crippen MR) is 76.2 cm³/mol. The van der Waals surface area contributed by atoms with Gasteiger partial charge in [0.1, 0.15) is 11.6 Å². The summed E-state index contributed by atoms with van der Waals surface area (Å²) in [6.07, 6.45) is 1.74. The molecular formula is C15H14FN3O. The number of nitrogens with one attached hydrogen (secondary N) is 2. The van der Waals surface area contributed by atoms with Gasteiger partial charge in [-0.2, -0.15) is 5.10 Å². The summed E-state index contributed by atoms with van der Waals surface area (Å²) in [5.74, 6) is -0.493. The number of H-pyrrole nitrogens is 1. The van der Waals surface area contributed by atoms with Gasteiger partial charge in [0.2, 0.25) is 0 Å². The normalized spacial score (nSPS) is 12.5. The minimum Gasteiger partial charge on any atom is -0.508 e. The van der Waals surface area contributed by atoms with Crippen LogP contribution in [0.2, 0.25) is 0 Å². The van der Waals surface area contributed by atoms with Crippen LogP contribution >= 0.6 is 0 Å². The summed E-state index contributed by atoms with van der Waals surface area (Å²) in [7, 11) is 0. The van der Waals surface area contributed by atoms with E-state index in [2.05, 4.69) is 15.5 Å². The second-order valence-electron chi connectivity index (χ2n) is 4.74. The molecule has 3 aromatic rings. The van der Waals surface area contributed by atoms with Crippen molar-refractivity contribution in [2.75, 3.05) is 5.32 Å². The maximum Gasteiger partial charge on any atom is 0.132 e. The summed E-state index contributed by atoms with van der Waals surface area (Å²) in [6.45, 7) is 1.87. The van der Waals surface area contributed by atoms with Crippen LogP contribution in [0.1, 0.15) is 18.5 Å². The number of fused-ring (bicyclic) bond motifs is 1. The summed E-state index contributed by atoms with van der Waals surface area (Å²) in [5, 5.41) is 20.3. The number of aromatic amines is 1. The predicted octanol–water partition coefficient (Wildman–Crippen LogP) is 3.58. The molecule has 1 unspecified atom stereocenters. The van der Waals surface area contributed by atoms with E-state index in [0.29, 0.717) is 5.56 Å². The molecule has 0 amide bonds. The number of phenolic OH excluding ortho intramolecular Hbond substituents is 1. The lowest BCUT2D eigenvalue weighted by molar-refractivity contribution is 0.467. The van der Waals surface area contributed by atoms with E-state index in [1.54, 1.807) is 12.3 Å². The van der Waals surface area contributed by atoms with E-state index >= 15 is 0 Å². The van der Waals surface area contributed by atoms with Crippen LogP contribution in [0.25, 0.3) is 10.9 Å². The number of hydrogen-bond donors (Lipinski definition) is 3. The lowest BCUT2D eigenvalue weighted by Gasteiger charge is -2.16. The van der Waals surface area contributed by atoms with Crippen LogP contribution in [0.4, 0.5) is 10.1 Å². The second kappa shape index (κ2) is 4.85. The summed E-state index contributed by atoms with van der Waals surface area (Å²) in [6, 6.07) is 9.76. The second-order valence-corrected chi connectivity index (χ2v) is 4.74. The van der Waals surface area contributed by atoms with Gasteiger partial charge in [-0.25, -0.2) is 4.39 Å². The number of aromatic hydroxyl groups is 1. The number of hydrogen-bond acceptors (Lipinski definition) is 3. The smallest absolute Gasteiger partial charge is 0.132 e. The molecule has 2 aromatic carbocycles. The first-order valence-corrected chi connectivity index (χ1v) is 6.31. The van der Waals surface area contributed by atoms with E-state index in [0.717, 1.165) is 22.7 Å². The van der Waals surface area contributed by atoms with Gasteiger partial charge in [-0.05, 0) is 31.2 Å². The molecule has 102 valence electrons. The maximum absolute atomic E-state index is 13.8. The number of halogens is 1. The molecule has 5 heteroatoms.